The number of carboxylic acids is 2. The minimum atomic E-state index is -1.59. The van der Waals surface area contributed by atoms with Gasteiger partial charge in [-0.2, -0.15) is 0 Å². The van der Waals surface area contributed by atoms with Crippen LogP contribution in [-0.2, 0) is 25.7 Å². The van der Waals surface area contributed by atoms with Gasteiger partial charge in [-0.05, 0) is 11.5 Å². The number of alkyl carbamates (subject to hydrolysis) is 1. The zero-order valence-corrected chi connectivity index (χ0v) is 14.5. The first-order valence-corrected chi connectivity index (χ1v) is 7.93. The van der Waals surface area contributed by atoms with Crippen molar-refractivity contribution < 1.29 is 34.1 Å². The average Bonchev–Trinajstić information content (AvgIpc) is 2.57. The molecule has 4 N–H and O–H groups in total. The van der Waals surface area contributed by atoms with Gasteiger partial charge in [0, 0.05) is 0 Å². The number of hydrogen-bond donors (Lipinski definition) is 4. The molecule has 1 aromatic rings. The second-order valence-electron chi connectivity index (χ2n) is 5.93. The topological polar surface area (TPSA) is 142 Å². The minimum absolute atomic E-state index is 0.00979. The predicted molar refractivity (Wildman–Crippen MR) is 90.2 cm³/mol. The molecule has 2 amide bonds. The molecule has 1 aromatic carbocycles. The van der Waals surface area contributed by atoms with Gasteiger partial charge in [0.1, 0.15) is 18.7 Å². The van der Waals surface area contributed by atoms with E-state index in [0.717, 1.165) is 5.56 Å². The van der Waals surface area contributed by atoms with Crippen LogP contribution in [0, 0.1) is 5.92 Å². The summed E-state index contributed by atoms with van der Waals surface area (Å²) in [5.41, 5.74) is 0.764. The summed E-state index contributed by atoms with van der Waals surface area (Å²) in [5, 5.41) is 22.2. The molecule has 0 saturated heterocycles. The Morgan fingerprint density at radius 3 is 2.15 bits per heavy atom. The van der Waals surface area contributed by atoms with Crippen LogP contribution in [-0.4, -0.2) is 46.2 Å². The summed E-state index contributed by atoms with van der Waals surface area (Å²) in [4.78, 5) is 45.9. The van der Waals surface area contributed by atoms with E-state index in [1.54, 1.807) is 38.1 Å². The fourth-order valence-electron chi connectivity index (χ4n) is 2.06. The highest BCUT2D eigenvalue weighted by atomic mass is 16.5. The van der Waals surface area contributed by atoms with Crippen molar-refractivity contribution >= 4 is 23.9 Å². The van der Waals surface area contributed by atoms with Crippen molar-refractivity contribution in [3.63, 3.8) is 0 Å². The Bertz CT molecular complexity index is 646. The number of carbonyl (C=O) groups is 4. The first kappa shape index (κ1) is 20.9. The summed E-state index contributed by atoms with van der Waals surface area (Å²) in [6.45, 7) is 3.30. The van der Waals surface area contributed by atoms with Crippen molar-refractivity contribution in [3.8, 4) is 0 Å². The molecule has 9 heteroatoms. The Morgan fingerprint density at radius 1 is 1.04 bits per heavy atom. The largest absolute Gasteiger partial charge is 0.481 e. The van der Waals surface area contributed by atoms with Gasteiger partial charge in [0.2, 0.25) is 5.91 Å². The van der Waals surface area contributed by atoms with Crippen LogP contribution in [0.3, 0.4) is 0 Å². The van der Waals surface area contributed by atoms with Crippen LogP contribution < -0.4 is 10.6 Å². The van der Waals surface area contributed by atoms with Crippen LogP contribution in [0.15, 0.2) is 30.3 Å². The maximum Gasteiger partial charge on any atom is 0.408 e. The quantitative estimate of drug-likeness (QED) is 0.510. The molecule has 26 heavy (non-hydrogen) atoms. The molecule has 2 atom stereocenters. The number of benzene rings is 1. The van der Waals surface area contributed by atoms with E-state index in [9.17, 15) is 19.2 Å². The lowest BCUT2D eigenvalue weighted by molar-refractivity contribution is -0.147. The van der Waals surface area contributed by atoms with Gasteiger partial charge in [-0.15, -0.1) is 0 Å². The van der Waals surface area contributed by atoms with Crippen LogP contribution in [0.1, 0.15) is 25.8 Å². The molecule has 0 bridgehead atoms. The third kappa shape index (κ3) is 7.20. The molecule has 0 heterocycles. The number of carboxylic acid groups (broad SMARTS) is 2. The SMILES string of the molecule is CC(C)[C@@H](NC(=O)OCc1ccccc1)C(=O)N[C@H](CC(=O)O)C(=O)O. The lowest BCUT2D eigenvalue weighted by atomic mass is 10.0. The monoisotopic (exact) mass is 366 g/mol. The van der Waals surface area contributed by atoms with Gasteiger partial charge >= 0.3 is 18.0 Å². The van der Waals surface area contributed by atoms with E-state index in [-0.39, 0.29) is 12.5 Å². The molecule has 0 aliphatic carbocycles. The maximum absolute atomic E-state index is 12.3. The lowest BCUT2D eigenvalue weighted by Gasteiger charge is -2.23. The van der Waals surface area contributed by atoms with Gasteiger partial charge in [0.05, 0.1) is 6.42 Å². The first-order chi connectivity index (χ1) is 12.2. The molecule has 1 rings (SSSR count). The summed E-state index contributed by atoms with van der Waals surface area (Å²) in [6, 6.07) is 6.26. The number of carbonyl (C=O) groups excluding carboxylic acids is 2. The second-order valence-corrected chi connectivity index (χ2v) is 5.93. The highest BCUT2D eigenvalue weighted by Gasteiger charge is 2.30. The molecule has 0 aliphatic rings. The van der Waals surface area contributed by atoms with Crippen LogP contribution in [0.25, 0.3) is 0 Å². The summed E-state index contributed by atoms with van der Waals surface area (Å²) in [6.07, 6.45) is -1.61. The molecule has 0 unspecified atom stereocenters. The zero-order valence-electron chi connectivity index (χ0n) is 14.5. The fraction of sp³-hybridized carbons (Fsp3) is 0.412. The van der Waals surface area contributed by atoms with E-state index in [2.05, 4.69) is 10.6 Å². The summed E-state index contributed by atoms with van der Waals surface area (Å²) in [7, 11) is 0. The maximum atomic E-state index is 12.3. The third-order valence-electron chi connectivity index (χ3n) is 3.43. The lowest BCUT2D eigenvalue weighted by Crippen LogP contribution is -2.54. The van der Waals surface area contributed by atoms with Crippen molar-refractivity contribution in [1.29, 1.82) is 0 Å². The van der Waals surface area contributed by atoms with Crippen molar-refractivity contribution in [1.82, 2.24) is 10.6 Å². The summed E-state index contributed by atoms with van der Waals surface area (Å²) in [5.74, 6) is -4.02. The van der Waals surface area contributed by atoms with Crippen molar-refractivity contribution in [2.45, 2.75) is 39.0 Å². The fourth-order valence-corrected chi connectivity index (χ4v) is 2.06. The highest BCUT2D eigenvalue weighted by molar-refractivity contribution is 5.91. The second kappa shape index (κ2) is 10.0. The van der Waals surface area contributed by atoms with Gasteiger partial charge in [0.25, 0.3) is 0 Å². The van der Waals surface area contributed by atoms with E-state index in [1.165, 1.54) is 0 Å². The highest BCUT2D eigenvalue weighted by Crippen LogP contribution is 2.06. The minimum Gasteiger partial charge on any atom is -0.481 e. The Kier molecular flexibility index (Phi) is 8.07. The molecule has 0 saturated carbocycles. The van der Waals surface area contributed by atoms with E-state index in [1.807, 2.05) is 6.07 Å². The Hall–Kier alpha value is -3.10. The molecule has 0 aliphatic heterocycles. The standard InChI is InChI=1S/C17H22N2O7/c1-10(2)14(15(22)18-12(16(23)24)8-13(20)21)19-17(25)26-9-11-6-4-3-5-7-11/h3-7,10,12,14H,8-9H2,1-2H3,(H,18,22)(H,19,25)(H,20,21)(H,23,24)/t12-,14-/m1/s1. The van der Waals surface area contributed by atoms with Gasteiger partial charge in [0.15, 0.2) is 0 Å². The molecular formula is C17H22N2O7. The zero-order chi connectivity index (χ0) is 19.7. The van der Waals surface area contributed by atoms with Gasteiger partial charge in [-0.1, -0.05) is 44.2 Å². The van der Waals surface area contributed by atoms with E-state index in [0.29, 0.717) is 0 Å². The van der Waals surface area contributed by atoms with Gasteiger partial charge < -0.3 is 25.6 Å². The van der Waals surface area contributed by atoms with E-state index >= 15 is 0 Å². The number of hydrogen-bond acceptors (Lipinski definition) is 5. The number of nitrogens with one attached hydrogen (secondary N) is 2. The normalized spacial score (nSPS) is 12.7. The average molecular weight is 366 g/mol. The molecule has 0 radical (unpaired) electrons. The molecule has 142 valence electrons. The van der Waals surface area contributed by atoms with Crippen LogP contribution in [0.2, 0.25) is 0 Å². The molecule has 0 spiro atoms. The number of ether oxygens (including phenoxy) is 1. The summed E-state index contributed by atoms with van der Waals surface area (Å²) >= 11 is 0. The number of aliphatic carboxylic acids is 2. The van der Waals surface area contributed by atoms with Gasteiger partial charge in [-0.25, -0.2) is 9.59 Å². The van der Waals surface area contributed by atoms with E-state index in [4.69, 9.17) is 14.9 Å². The van der Waals surface area contributed by atoms with Crippen LogP contribution in [0.5, 0.6) is 0 Å². The molecular weight excluding hydrogens is 344 g/mol. The summed E-state index contributed by atoms with van der Waals surface area (Å²) < 4.78 is 5.04. The predicted octanol–water partition coefficient (Wildman–Crippen LogP) is 0.981. The number of amides is 2. The van der Waals surface area contributed by atoms with E-state index < -0.39 is 42.4 Å². The molecule has 9 nitrogen and oxygen atoms in total. The Labute approximate surface area is 150 Å². The smallest absolute Gasteiger partial charge is 0.408 e. The third-order valence-corrected chi connectivity index (χ3v) is 3.43. The van der Waals surface area contributed by atoms with Crippen LogP contribution >= 0.6 is 0 Å². The molecule has 0 fully saturated rings. The molecule has 0 aromatic heterocycles. The van der Waals surface area contributed by atoms with Crippen molar-refractivity contribution in [3.05, 3.63) is 35.9 Å². The Balaban J connectivity index is 2.65. The Morgan fingerprint density at radius 2 is 1.65 bits per heavy atom. The van der Waals surface area contributed by atoms with Crippen molar-refractivity contribution in [2.75, 3.05) is 0 Å². The number of rotatable bonds is 9. The van der Waals surface area contributed by atoms with Crippen LogP contribution in [0.4, 0.5) is 4.79 Å². The van der Waals surface area contributed by atoms with Gasteiger partial charge in [-0.3, -0.25) is 9.59 Å². The first-order valence-electron chi connectivity index (χ1n) is 7.93. The van der Waals surface area contributed by atoms with Crippen molar-refractivity contribution in [2.24, 2.45) is 5.92 Å².